The van der Waals surface area contributed by atoms with Crippen LogP contribution < -0.4 is 5.32 Å². The molecule has 1 amide bonds. The molecule has 3 aromatic rings. The van der Waals surface area contributed by atoms with Crippen molar-refractivity contribution in [1.29, 1.82) is 0 Å². The Morgan fingerprint density at radius 3 is 2.36 bits per heavy atom. The molecule has 3 rings (SSSR count). The summed E-state index contributed by atoms with van der Waals surface area (Å²) in [4.78, 5) is 24.8. The second-order valence-corrected chi connectivity index (χ2v) is 5.52. The predicted octanol–water partition coefficient (Wildman–Crippen LogP) is 3.12. The fourth-order valence-electron chi connectivity index (χ4n) is 2.45. The Hall–Kier alpha value is -3.16. The lowest BCUT2D eigenvalue weighted by Crippen LogP contribution is -2.15. The molecule has 0 spiro atoms. The van der Waals surface area contributed by atoms with Gasteiger partial charge in [-0.05, 0) is 32.9 Å². The molecule has 6 nitrogen and oxygen atoms in total. The molecule has 25 heavy (non-hydrogen) atoms. The van der Waals surface area contributed by atoms with Crippen molar-refractivity contribution in [2.75, 3.05) is 5.32 Å². The number of aryl methyl sites for hydroxylation is 2. The summed E-state index contributed by atoms with van der Waals surface area (Å²) in [5.41, 5.74) is 1.83. The molecule has 2 heterocycles. The van der Waals surface area contributed by atoms with E-state index in [1.54, 1.807) is 4.57 Å². The Morgan fingerprint density at radius 2 is 1.80 bits per heavy atom. The Morgan fingerprint density at radius 1 is 1.12 bits per heavy atom. The number of carbonyl (C=O) groups is 1. The molecule has 0 bridgehead atoms. The highest BCUT2D eigenvalue weighted by molar-refractivity contribution is 6.04. The fraction of sp³-hybridized carbons (Fsp3) is 0.176. The Labute approximate surface area is 142 Å². The zero-order chi connectivity index (χ0) is 18.1. The van der Waals surface area contributed by atoms with Gasteiger partial charge in [0, 0.05) is 11.8 Å². The Kier molecular flexibility index (Phi) is 4.26. The van der Waals surface area contributed by atoms with E-state index in [-0.39, 0.29) is 5.56 Å². The van der Waals surface area contributed by atoms with E-state index in [2.05, 4.69) is 20.3 Å². The number of rotatable bonds is 3. The number of halogens is 2. The topological polar surface area (TPSA) is 72.7 Å². The van der Waals surface area contributed by atoms with Crippen molar-refractivity contribution in [3.8, 4) is 5.95 Å². The third kappa shape index (κ3) is 3.23. The molecule has 1 aromatic carbocycles. The normalized spacial score (nSPS) is 10.8. The number of hydrogen-bond donors (Lipinski definition) is 1. The van der Waals surface area contributed by atoms with Crippen LogP contribution in [0, 0.1) is 32.4 Å². The lowest BCUT2D eigenvalue weighted by Gasteiger charge is -2.08. The molecule has 0 saturated carbocycles. The SMILES string of the molecule is Cc1nc(C)n(-c2ncc(NC(=O)c3ccc(F)cc3F)cn2)c1C. The molecule has 0 fully saturated rings. The van der Waals surface area contributed by atoms with Crippen molar-refractivity contribution in [1.82, 2.24) is 19.5 Å². The number of hydrogen-bond acceptors (Lipinski definition) is 4. The molecule has 0 aliphatic carbocycles. The van der Waals surface area contributed by atoms with E-state index in [4.69, 9.17) is 0 Å². The van der Waals surface area contributed by atoms with Crippen LogP contribution >= 0.6 is 0 Å². The molecule has 8 heteroatoms. The van der Waals surface area contributed by atoms with Gasteiger partial charge in [-0.1, -0.05) is 0 Å². The molecule has 128 valence electrons. The van der Waals surface area contributed by atoms with E-state index in [0.717, 1.165) is 29.3 Å². The predicted molar refractivity (Wildman–Crippen MR) is 87.7 cm³/mol. The quantitative estimate of drug-likeness (QED) is 0.793. The monoisotopic (exact) mass is 343 g/mol. The van der Waals surface area contributed by atoms with Gasteiger partial charge in [-0.25, -0.2) is 23.7 Å². The van der Waals surface area contributed by atoms with Gasteiger partial charge in [0.05, 0.1) is 29.3 Å². The number of amides is 1. The summed E-state index contributed by atoms with van der Waals surface area (Å²) in [6.45, 7) is 5.65. The van der Waals surface area contributed by atoms with Crippen LogP contribution in [-0.4, -0.2) is 25.4 Å². The lowest BCUT2D eigenvalue weighted by atomic mass is 10.2. The second-order valence-electron chi connectivity index (χ2n) is 5.52. The first-order valence-corrected chi connectivity index (χ1v) is 7.48. The lowest BCUT2D eigenvalue weighted by molar-refractivity contribution is 0.102. The van der Waals surface area contributed by atoms with Crippen LogP contribution in [0.3, 0.4) is 0 Å². The number of benzene rings is 1. The van der Waals surface area contributed by atoms with Gasteiger partial charge in [-0.2, -0.15) is 0 Å². The molecule has 0 atom stereocenters. The number of carbonyl (C=O) groups excluding carboxylic acids is 1. The van der Waals surface area contributed by atoms with Crippen LogP contribution in [0.2, 0.25) is 0 Å². The van der Waals surface area contributed by atoms with Crippen LogP contribution in [0.5, 0.6) is 0 Å². The van der Waals surface area contributed by atoms with Gasteiger partial charge in [0.1, 0.15) is 17.5 Å². The third-order valence-electron chi connectivity index (χ3n) is 3.78. The van der Waals surface area contributed by atoms with Gasteiger partial charge >= 0.3 is 0 Å². The summed E-state index contributed by atoms with van der Waals surface area (Å²) in [5, 5.41) is 2.48. The molecule has 0 unspecified atom stereocenters. The molecular weight excluding hydrogens is 328 g/mol. The van der Waals surface area contributed by atoms with E-state index in [1.807, 2.05) is 20.8 Å². The molecule has 1 N–H and O–H groups in total. The summed E-state index contributed by atoms with van der Waals surface area (Å²) in [5.74, 6) is -1.22. The first kappa shape index (κ1) is 16.7. The van der Waals surface area contributed by atoms with Gasteiger partial charge in [0.25, 0.3) is 5.91 Å². The highest BCUT2D eigenvalue weighted by Crippen LogP contribution is 2.16. The molecule has 0 radical (unpaired) electrons. The van der Waals surface area contributed by atoms with Crippen molar-refractivity contribution in [3.63, 3.8) is 0 Å². The van der Waals surface area contributed by atoms with E-state index in [1.165, 1.54) is 12.4 Å². The maximum Gasteiger partial charge on any atom is 0.258 e. The smallest absolute Gasteiger partial charge is 0.258 e. The van der Waals surface area contributed by atoms with E-state index in [9.17, 15) is 13.6 Å². The average Bonchev–Trinajstić information content (AvgIpc) is 2.81. The summed E-state index contributed by atoms with van der Waals surface area (Å²) < 4.78 is 28.3. The third-order valence-corrected chi connectivity index (χ3v) is 3.78. The molecule has 0 saturated heterocycles. The number of nitrogens with one attached hydrogen (secondary N) is 1. The number of nitrogens with zero attached hydrogens (tertiary/aromatic N) is 4. The summed E-state index contributed by atoms with van der Waals surface area (Å²) >= 11 is 0. The van der Waals surface area contributed by atoms with Crippen molar-refractivity contribution in [3.05, 3.63) is 65.0 Å². The highest BCUT2D eigenvalue weighted by Gasteiger charge is 2.14. The minimum Gasteiger partial charge on any atom is -0.319 e. The zero-order valence-corrected chi connectivity index (χ0v) is 13.8. The Bertz CT molecular complexity index is 950. The zero-order valence-electron chi connectivity index (χ0n) is 13.8. The van der Waals surface area contributed by atoms with Crippen LogP contribution in [-0.2, 0) is 0 Å². The number of aromatic nitrogens is 4. The first-order chi connectivity index (χ1) is 11.9. The Balaban J connectivity index is 1.82. The summed E-state index contributed by atoms with van der Waals surface area (Å²) in [7, 11) is 0. The molecular formula is C17H15F2N5O. The van der Waals surface area contributed by atoms with Crippen LogP contribution in [0.25, 0.3) is 5.95 Å². The maximum atomic E-state index is 13.6. The van der Waals surface area contributed by atoms with Crippen molar-refractivity contribution >= 4 is 11.6 Å². The second kappa shape index (κ2) is 6.39. The van der Waals surface area contributed by atoms with Gasteiger partial charge in [-0.3, -0.25) is 9.36 Å². The van der Waals surface area contributed by atoms with Gasteiger partial charge in [0.15, 0.2) is 0 Å². The van der Waals surface area contributed by atoms with Crippen LogP contribution in [0.15, 0.2) is 30.6 Å². The van der Waals surface area contributed by atoms with Gasteiger partial charge < -0.3 is 5.32 Å². The van der Waals surface area contributed by atoms with Gasteiger partial charge in [-0.15, -0.1) is 0 Å². The van der Waals surface area contributed by atoms with E-state index < -0.39 is 17.5 Å². The van der Waals surface area contributed by atoms with Crippen molar-refractivity contribution < 1.29 is 13.6 Å². The summed E-state index contributed by atoms with van der Waals surface area (Å²) in [6, 6.07) is 2.75. The first-order valence-electron chi connectivity index (χ1n) is 7.48. The van der Waals surface area contributed by atoms with E-state index in [0.29, 0.717) is 17.7 Å². The molecule has 0 aliphatic rings. The van der Waals surface area contributed by atoms with E-state index >= 15 is 0 Å². The minimum atomic E-state index is -0.935. The molecule has 2 aromatic heterocycles. The number of imidazole rings is 1. The molecule has 0 aliphatic heterocycles. The highest BCUT2D eigenvalue weighted by atomic mass is 19.1. The van der Waals surface area contributed by atoms with Crippen LogP contribution in [0.4, 0.5) is 14.5 Å². The maximum absolute atomic E-state index is 13.6. The standard InChI is InChI=1S/C17H15F2N5O/c1-9-10(2)24(11(3)22-9)17-20-7-13(8-21-17)23-16(25)14-5-4-12(18)6-15(14)19/h4-8H,1-3H3,(H,23,25). The van der Waals surface area contributed by atoms with Crippen molar-refractivity contribution in [2.45, 2.75) is 20.8 Å². The van der Waals surface area contributed by atoms with Gasteiger partial charge in [0.2, 0.25) is 5.95 Å². The van der Waals surface area contributed by atoms with Crippen LogP contribution in [0.1, 0.15) is 27.6 Å². The fourth-order valence-corrected chi connectivity index (χ4v) is 2.45. The summed E-state index contributed by atoms with van der Waals surface area (Å²) in [6.07, 6.45) is 2.83. The number of anilines is 1. The minimum absolute atomic E-state index is 0.262. The van der Waals surface area contributed by atoms with Crippen molar-refractivity contribution in [2.24, 2.45) is 0 Å². The average molecular weight is 343 g/mol. The largest absolute Gasteiger partial charge is 0.319 e.